The molecule has 1 heterocycles. The summed E-state index contributed by atoms with van der Waals surface area (Å²) < 4.78 is 1.52. The molecule has 0 aliphatic rings. The molecule has 0 atom stereocenters. The van der Waals surface area contributed by atoms with Crippen LogP contribution in [0.2, 0.25) is 0 Å². The smallest absolute Gasteiger partial charge is 0.193 e. The number of hydrogen-bond donors (Lipinski definition) is 1. The van der Waals surface area contributed by atoms with E-state index in [2.05, 4.69) is 28.2 Å². The van der Waals surface area contributed by atoms with Crippen LogP contribution in [0.1, 0.15) is 5.82 Å². The Labute approximate surface area is 91.5 Å². The molecule has 0 fully saturated rings. The van der Waals surface area contributed by atoms with Crippen molar-refractivity contribution in [1.82, 2.24) is 20.2 Å². The van der Waals surface area contributed by atoms with E-state index in [0.29, 0.717) is 5.82 Å². The van der Waals surface area contributed by atoms with Crippen molar-refractivity contribution in [3.05, 3.63) is 36.2 Å². The first-order chi connectivity index (χ1) is 7.27. The van der Waals surface area contributed by atoms with Crippen molar-refractivity contribution in [2.75, 3.05) is 0 Å². The second-order valence-corrected chi connectivity index (χ2v) is 3.41. The predicted molar refractivity (Wildman–Crippen MR) is 56.9 cm³/mol. The number of tetrazole rings is 1. The minimum absolute atomic E-state index is 0.116. The minimum Gasteiger partial charge on any atom is -0.287 e. The summed E-state index contributed by atoms with van der Waals surface area (Å²) in [6, 6.07) is 9.38. The Morgan fingerprint density at radius 3 is 2.73 bits per heavy atom. The van der Waals surface area contributed by atoms with Gasteiger partial charge in [-0.25, -0.2) is 0 Å². The van der Waals surface area contributed by atoms with Crippen molar-refractivity contribution in [2.24, 2.45) is 0 Å². The van der Waals surface area contributed by atoms with Crippen molar-refractivity contribution in [2.45, 2.75) is 6.42 Å². The van der Waals surface area contributed by atoms with Crippen LogP contribution in [-0.2, 0) is 11.2 Å². The fourth-order valence-corrected chi connectivity index (χ4v) is 1.36. The normalized spacial score (nSPS) is 10.2. The number of aromatic nitrogens is 4. The number of hydrogen-bond acceptors (Lipinski definition) is 4. The molecule has 0 aliphatic carbocycles. The van der Waals surface area contributed by atoms with Gasteiger partial charge in [-0.15, -0.1) is 17.7 Å². The van der Waals surface area contributed by atoms with Crippen LogP contribution < -0.4 is 0 Å². The molecule has 76 valence electrons. The highest BCUT2D eigenvalue weighted by Gasteiger charge is 2.09. The number of nitrogens with zero attached hydrogens (tertiary/aromatic N) is 4. The number of carbonyl (C=O) groups excluding carboxylic acids is 1. The standard InChI is InChI=1S/C9H8N4OS/c14-9(15)6-8-10-11-12-13(8)7-4-2-1-3-5-7/h1-5H,6H2,(H,14,15). The monoisotopic (exact) mass is 220 g/mol. The van der Waals surface area contributed by atoms with Crippen LogP contribution in [0.3, 0.4) is 0 Å². The Kier molecular flexibility index (Phi) is 2.77. The van der Waals surface area contributed by atoms with Crippen LogP contribution in [0.5, 0.6) is 0 Å². The maximum atomic E-state index is 10.8. The molecular weight excluding hydrogens is 212 g/mol. The lowest BCUT2D eigenvalue weighted by Crippen LogP contribution is -2.06. The van der Waals surface area contributed by atoms with Crippen LogP contribution in [-0.4, -0.2) is 25.3 Å². The van der Waals surface area contributed by atoms with E-state index in [9.17, 15) is 4.79 Å². The zero-order valence-electron chi connectivity index (χ0n) is 7.74. The average molecular weight is 220 g/mol. The molecule has 6 heteroatoms. The van der Waals surface area contributed by atoms with Crippen LogP contribution in [0.25, 0.3) is 5.69 Å². The number of carbonyl (C=O) groups is 1. The Morgan fingerprint density at radius 1 is 1.33 bits per heavy atom. The molecule has 2 rings (SSSR count). The second-order valence-electron chi connectivity index (χ2n) is 2.91. The van der Waals surface area contributed by atoms with Crippen LogP contribution in [0.15, 0.2) is 30.3 Å². The fourth-order valence-electron chi connectivity index (χ4n) is 1.22. The van der Waals surface area contributed by atoms with Crippen molar-refractivity contribution in [1.29, 1.82) is 0 Å². The molecule has 0 unspecified atom stereocenters. The van der Waals surface area contributed by atoms with Crippen molar-refractivity contribution < 1.29 is 4.79 Å². The molecule has 0 saturated carbocycles. The van der Waals surface area contributed by atoms with Gasteiger partial charge in [-0.1, -0.05) is 18.2 Å². The van der Waals surface area contributed by atoms with Crippen LogP contribution >= 0.6 is 12.6 Å². The van der Waals surface area contributed by atoms with E-state index < -0.39 is 0 Å². The van der Waals surface area contributed by atoms with Gasteiger partial charge in [0.15, 0.2) is 10.9 Å². The van der Waals surface area contributed by atoms with E-state index in [1.54, 1.807) is 0 Å². The zero-order valence-corrected chi connectivity index (χ0v) is 8.63. The third-order valence-electron chi connectivity index (χ3n) is 1.84. The highest BCUT2D eigenvalue weighted by atomic mass is 32.1. The average Bonchev–Trinajstić information content (AvgIpc) is 2.66. The number of benzene rings is 1. The lowest BCUT2D eigenvalue weighted by molar-refractivity contribution is -0.110. The first kappa shape index (κ1) is 9.85. The summed E-state index contributed by atoms with van der Waals surface area (Å²) in [7, 11) is 0. The first-order valence-electron chi connectivity index (χ1n) is 4.32. The van der Waals surface area contributed by atoms with E-state index in [1.807, 2.05) is 30.3 Å². The highest BCUT2D eigenvalue weighted by molar-refractivity contribution is 7.96. The van der Waals surface area contributed by atoms with E-state index in [1.165, 1.54) is 4.68 Å². The van der Waals surface area contributed by atoms with Gasteiger partial charge in [-0.2, -0.15) is 4.68 Å². The topological polar surface area (TPSA) is 60.7 Å². The van der Waals surface area contributed by atoms with Gasteiger partial charge in [-0.05, 0) is 22.6 Å². The lowest BCUT2D eigenvalue weighted by Gasteiger charge is -2.01. The summed E-state index contributed by atoms with van der Waals surface area (Å²) in [6.45, 7) is 0. The first-order valence-corrected chi connectivity index (χ1v) is 4.76. The zero-order chi connectivity index (χ0) is 10.7. The molecule has 0 aliphatic heterocycles. The Morgan fingerprint density at radius 2 is 2.07 bits per heavy atom. The quantitative estimate of drug-likeness (QED) is 0.772. The number of rotatable bonds is 3. The van der Waals surface area contributed by atoms with Gasteiger partial charge in [0.2, 0.25) is 0 Å². The Bertz CT molecular complexity index is 468. The SMILES string of the molecule is O=C(S)Cc1nnnn1-c1ccccc1. The Balaban J connectivity index is 2.37. The molecule has 0 radical (unpaired) electrons. The fraction of sp³-hybridized carbons (Fsp3) is 0.111. The Hall–Kier alpha value is -1.69. The van der Waals surface area contributed by atoms with Crippen molar-refractivity contribution >= 4 is 17.7 Å². The van der Waals surface area contributed by atoms with Gasteiger partial charge in [0.05, 0.1) is 12.1 Å². The largest absolute Gasteiger partial charge is 0.287 e. The summed E-state index contributed by atoms with van der Waals surface area (Å²) in [5.74, 6) is 0.487. The summed E-state index contributed by atoms with van der Waals surface area (Å²) in [6.07, 6.45) is 0.116. The van der Waals surface area contributed by atoms with E-state index in [4.69, 9.17) is 0 Å². The summed E-state index contributed by atoms with van der Waals surface area (Å²) >= 11 is 3.70. The third kappa shape index (κ3) is 2.21. The van der Waals surface area contributed by atoms with Gasteiger partial charge in [0.1, 0.15) is 0 Å². The van der Waals surface area contributed by atoms with Crippen LogP contribution in [0.4, 0.5) is 0 Å². The maximum Gasteiger partial charge on any atom is 0.193 e. The molecule has 0 amide bonds. The second kappa shape index (κ2) is 4.22. The summed E-state index contributed by atoms with van der Waals surface area (Å²) in [4.78, 5) is 10.8. The summed E-state index contributed by atoms with van der Waals surface area (Å²) in [5, 5.41) is 10.8. The van der Waals surface area contributed by atoms with E-state index in [-0.39, 0.29) is 11.5 Å². The van der Waals surface area contributed by atoms with Gasteiger partial charge in [-0.3, -0.25) is 4.79 Å². The van der Waals surface area contributed by atoms with Gasteiger partial charge < -0.3 is 0 Å². The number of thiol groups is 1. The maximum absolute atomic E-state index is 10.8. The molecule has 5 nitrogen and oxygen atoms in total. The van der Waals surface area contributed by atoms with Crippen molar-refractivity contribution in [3.63, 3.8) is 0 Å². The molecule has 0 saturated heterocycles. The molecule has 0 bridgehead atoms. The van der Waals surface area contributed by atoms with Gasteiger partial charge >= 0.3 is 0 Å². The minimum atomic E-state index is -0.262. The lowest BCUT2D eigenvalue weighted by atomic mass is 10.3. The molecule has 15 heavy (non-hydrogen) atoms. The van der Waals surface area contributed by atoms with E-state index >= 15 is 0 Å². The van der Waals surface area contributed by atoms with Crippen molar-refractivity contribution in [3.8, 4) is 5.69 Å². The molecule has 0 spiro atoms. The van der Waals surface area contributed by atoms with Gasteiger partial charge in [0.25, 0.3) is 0 Å². The molecular formula is C9H8N4OS. The summed E-state index contributed by atoms with van der Waals surface area (Å²) in [5.41, 5.74) is 0.826. The number of para-hydroxylation sites is 1. The molecule has 1 aromatic carbocycles. The third-order valence-corrected chi connectivity index (χ3v) is 2.00. The van der Waals surface area contributed by atoms with Gasteiger partial charge in [0, 0.05) is 0 Å². The van der Waals surface area contributed by atoms with E-state index in [0.717, 1.165) is 5.69 Å². The molecule has 0 N–H and O–H groups in total. The molecule has 1 aromatic heterocycles. The molecule has 2 aromatic rings. The predicted octanol–water partition coefficient (Wildman–Crippen LogP) is 0.661. The highest BCUT2D eigenvalue weighted by Crippen LogP contribution is 2.07. The van der Waals surface area contributed by atoms with Crippen LogP contribution in [0, 0.1) is 0 Å².